The molecule has 0 saturated carbocycles. The molecule has 2 rings (SSSR count). The summed E-state index contributed by atoms with van der Waals surface area (Å²) in [4.78, 5) is 12.9. The summed E-state index contributed by atoms with van der Waals surface area (Å²) in [5.41, 5.74) is 7.55. The van der Waals surface area contributed by atoms with Crippen molar-refractivity contribution in [3.63, 3.8) is 0 Å². The van der Waals surface area contributed by atoms with Gasteiger partial charge < -0.3 is 5.73 Å². The smallest absolute Gasteiger partial charge is 0.163 e. The van der Waals surface area contributed by atoms with E-state index in [1.165, 1.54) is 0 Å². The van der Waals surface area contributed by atoms with Gasteiger partial charge in [0.05, 0.1) is 5.69 Å². The first kappa shape index (κ1) is 13.0. The molecule has 0 radical (unpaired) electrons. The molecule has 4 nitrogen and oxygen atoms in total. The fraction of sp³-hybridized carbons (Fsp3) is 0.308. The fourth-order valence-corrected chi connectivity index (χ4v) is 1.88. The van der Waals surface area contributed by atoms with Crippen LogP contribution in [0, 0.1) is 0 Å². The lowest BCUT2D eigenvalue weighted by molar-refractivity contribution is 0.568. The van der Waals surface area contributed by atoms with Crippen molar-refractivity contribution >= 4 is 21.7 Å². The zero-order valence-corrected chi connectivity index (χ0v) is 12.2. The van der Waals surface area contributed by atoms with Gasteiger partial charge in [-0.3, -0.25) is 4.98 Å². The summed E-state index contributed by atoms with van der Waals surface area (Å²) in [7, 11) is 0. The number of hydrogen-bond acceptors (Lipinski definition) is 4. The Kier molecular flexibility index (Phi) is 3.34. The molecule has 0 atom stereocenters. The third-order valence-electron chi connectivity index (χ3n) is 2.48. The molecule has 2 heterocycles. The molecular weight excluding hydrogens is 292 g/mol. The number of aromatic nitrogens is 3. The molecule has 5 heteroatoms. The molecular formula is C13H15BrN4. The Hall–Kier alpha value is -1.49. The largest absolute Gasteiger partial charge is 0.384 e. The highest BCUT2D eigenvalue weighted by molar-refractivity contribution is 9.10. The van der Waals surface area contributed by atoms with Crippen LogP contribution in [0.5, 0.6) is 0 Å². The van der Waals surface area contributed by atoms with Crippen LogP contribution in [0.1, 0.15) is 26.5 Å². The Labute approximate surface area is 115 Å². The van der Waals surface area contributed by atoms with Crippen molar-refractivity contribution in [2.45, 2.75) is 26.2 Å². The Morgan fingerprint density at radius 2 is 1.83 bits per heavy atom. The Balaban J connectivity index is 2.55. The predicted molar refractivity (Wildman–Crippen MR) is 76.1 cm³/mol. The molecule has 0 spiro atoms. The normalized spacial score (nSPS) is 11.6. The lowest BCUT2D eigenvalue weighted by atomic mass is 9.92. The van der Waals surface area contributed by atoms with E-state index in [4.69, 9.17) is 5.73 Å². The van der Waals surface area contributed by atoms with Gasteiger partial charge in [0, 0.05) is 33.9 Å². The van der Waals surface area contributed by atoms with E-state index in [9.17, 15) is 0 Å². The highest BCUT2D eigenvalue weighted by Crippen LogP contribution is 2.25. The Morgan fingerprint density at radius 1 is 1.11 bits per heavy atom. The minimum atomic E-state index is -0.0642. The summed E-state index contributed by atoms with van der Waals surface area (Å²) in [5.74, 6) is 1.08. The van der Waals surface area contributed by atoms with Crippen LogP contribution in [0.3, 0.4) is 0 Å². The van der Waals surface area contributed by atoms with Crippen LogP contribution in [0.15, 0.2) is 29.0 Å². The average Bonchev–Trinajstić information content (AvgIpc) is 2.27. The van der Waals surface area contributed by atoms with Gasteiger partial charge in [-0.25, -0.2) is 9.97 Å². The first-order valence-corrected chi connectivity index (χ1v) is 6.41. The third-order valence-corrected chi connectivity index (χ3v) is 2.91. The minimum absolute atomic E-state index is 0.0642. The highest BCUT2D eigenvalue weighted by atomic mass is 79.9. The molecule has 0 bridgehead atoms. The molecule has 2 aromatic heterocycles. The molecule has 0 saturated heterocycles. The van der Waals surface area contributed by atoms with Crippen molar-refractivity contribution in [1.29, 1.82) is 0 Å². The molecule has 0 amide bonds. The van der Waals surface area contributed by atoms with Gasteiger partial charge in [0.1, 0.15) is 5.82 Å². The van der Waals surface area contributed by atoms with Gasteiger partial charge in [0.2, 0.25) is 0 Å². The van der Waals surface area contributed by atoms with Crippen LogP contribution in [0.4, 0.5) is 5.82 Å². The monoisotopic (exact) mass is 306 g/mol. The minimum Gasteiger partial charge on any atom is -0.384 e. The Bertz CT molecular complexity index is 575. The second-order valence-electron chi connectivity index (χ2n) is 5.14. The number of pyridine rings is 1. The Morgan fingerprint density at radius 3 is 2.44 bits per heavy atom. The van der Waals surface area contributed by atoms with E-state index in [1.807, 2.05) is 12.1 Å². The van der Waals surface area contributed by atoms with Crippen LogP contribution in [-0.2, 0) is 5.41 Å². The van der Waals surface area contributed by atoms with Crippen LogP contribution in [0.2, 0.25) is 0 Å². The van der Waals surface area contributed by atoms with Crippen LogP contribution >= 0.6 is 15.9 Å². The van der Waals surface area contributed by atoms with Crippen molar-refractivity contribution in [2.24, 2.45) is 0 Å². The molecule has 2 N–H and O–H groups in total. The topological polar surface area (TPSA) is 64.7 Å². The van der Waals surface area contributed by atoms with E-state index >= 15 is 0 Å². The van der Waals surface area contributed by atoms with Gasteiger partial charge in [-0.05, 0) is 22.0 Å². The lowest BCUT2D eigenvalue weighted by Crippen LogP contribution is -2.15. The van der Waals surface area contributed by atoms with E-state index in [0.29, 0.717) is 11.6 Å². The molecule has 94 valence electrons. The summed E-state index contributed by atoms with van der Waals surface area (Å²) < 4.78 is 0.892. The first-order valence-electron chi connectivity index (χ1n) is 5.62. The van der Waals surface area contributed by atoms with E-state index < -0.39 is 0 Å². The number of halogens is 1. The quantitative estimate of drug-likeness (QED) is 0.879. The zero-order valence-electron chi connectivity index (χ0n) is 10.6. The SMILES string of the molecule is CC(C)(C)c1cc(N)nc(-c2cncc(Br)c2)n1. The van der Waals surface area contributed by atoms with Gasteiger partial charge in [0.15, 0.2) is 5.82 Å². The van der Waals surface area contributed by atoms with Crippen LogP contribution in [-0.4, -0.2) is 15.0 Å². The number of anilines is 1. The molecule has 0 fully saturated rings. The summed E-state index contributed by atoms with van der Waals surface area (Å²) in [6.45, 7) is 6.28. The maximum atomic E-state index is 5.85. The van der Waals surface area contributed by atoms with Crippen LogP contribution < -0.4 is 5.73 Å². The fourth-order valence-electron chi connectivity index (χ4n) is 1.51. The van der Waals surface area contributed by atoms with E-state index in [2.05, 4.69) is 51.7 Å². The lowest BCUT2D eigenvalue weighted by Gasteiger charge is -2.18. The summed E-state index contributed by atoms with van der Waals surface area (Å²) in [6.07, 6.45) is 3.45. The van der Waals surface area contributed by atoms with E-state index in [0.717, 1.165) is 15.7 Å². The van der Waals surface area contributed by atoms with Gasteiger partial charge in [0.25, 0.3) is 0 Å². The highest BCUT2D eigenvalue weighted by Gasteiger charge is 2.18. The van der Waals surface area contributed by atoms with Gasteiger partial charge >= 0.3 is 0 Å². The van der Waals surface area contributed by atoms with Crippen molar-refractivity contribution in [2.75, 3.05) is 5.73 Å². The number of rotatable bonds is 1. The third kappa shape index (κ3) is 2.85. The standard InChI is InChI=1S/C13H15BrN4/c1-13(2,3)10-5-11(15)18-12(17-10)8-4-9(14)7-16-6-8/h4-7H,1-3H3,(H2,15,17,18). The zero-order chi connectivity index (χ0) is 13.3. The maximum absolute atomic E-state index is 5.85. The molecule has 2 aromatic rings. The van der Waals surface area contributed by atoms with Crippen molar-refractivity contribution in [3.8, 4) is 11.4 Å². The predicted octanol–water partition coefficient (Wildman–Crippen LogP) is 3.18. The second kappa shape index (κ2) is 4.65. The number of hydrogen-bond donors (Lipinski definition) is 1. The van der Waals surface area contributed by atoms with Gasteiger partial charge in [-0.2, -0.15) is 0 Å². The van der Waals surface area contributed by atoms with Crippen molar-refractivity contribution in [3.05, 3.63) is 34.7 Å². The van der Waals surface area contributed by atoms with Gasteiger partial charge in [-0.1, -0.05) is 20.8 Å². The maximum Gasteiger partial charge on any atom is 0.163 e. The van der Waals surface area contributed by atoms with E-state index in [1.54, 1.807) is 12.4 Å². The van der Waals surface area contributed by atoms with Crippen molar-refractivity contribution < 1.29 is 0 Å². The number of nitrogens with two attached hydrogens (primary N) is 1. The number of nitrogens with zero attached hydrogens (tertiary/aromatic N) is 3. The summed E-state index contributed by atoms with van der Waals surface area (Å²) in [6, 6.07) is 3.74. The van der Waals surface area contributed by atoms with Crippen molar-refractivity contribution in [1.82, 2.24) is 15.0 Å². The number of nitrogen functional groups attached to an aromatic ring is 1. The second-order valence-corrected chi connectivity index (χ2v) is 6.06. The average molecular weight is 307 g/mol. The first-order chi connectivity index (χ1) is 8.36. The summed E-state index contributed by atoms with van der Waals surface area (Å²) >= 11 is 3.39. The van der Waals surface area contributed by atoms with Gasteiger partial charge in [-0.15, -0.1) is 0 Å². The molecule has 0 aliphatic carbocycles. The molecule has 0 unspecified atom stereocenters. The molecule has 0 aliphatic heterocycles. The van der Waals surface area contributed by atoms with E-state index in [-0.39, 0.29) is 5.41 Å². The molecule has 0 aliphatic rings. The van der Waals surface area contributed by atoms with Crippen LogP contribution in [0.25, 0.3) is 11.4 Å². The molecule has 18 heavy (non-hydrogen) atoms. The summed E-state index contributed by atoms with van der Waals surface area (Å²) in [5, 5.41) is 0. The molecule has 0 aromatic carbocycles.